The van der Waals surface area contributed by atoms with Gasteiger partial charge in [-0.25, -0.2) is 9.59 Å². The van der Waals surface area contributed by atoms with Crippen molar-refractivity contribution in [2.45, 2.75) is 45.8 Å². The number of hydrogen-bond donors (Lipinski definition) is 0. The molecule has 1 aliphatic rings. The minimum absolute atomic E-state index is 0.403. The van der Waals surface area contributed by atoms with Crippen LogP contribution in [0.3, 0.4) is 0 Å². The molecule has 0 unspecified atom stereocenters. The van der Waals surface area contributed by atoms with Crippen molar-refractivity contribution in [3.8, 4) is 5.75 Å². The van der Waals surface area contributed by atoms with Crippen molar-refractivity contribution in [1.82, 2.24) is 0 Å². The SMILES string of the molecule is CC.CC1(C)Oc2cc3oc(=O)ccc3cc2C[C@@H]1OC(=O)/C=C/c1ccccc1. The Labute approximate surface area is 175 Å². The third-order valence-corrected chi connectivity index (χ3v) is 4.83. The van der Waals surface area contributed by atoms with E-state index >= 15 is 0 Å². The molecule has 5 heteroatoms. The third kappa shape index (κ3) is 4.79. The molecule has 0 saturated carbocycles. The monoisotopic (exact) mass is 406 g/mol. The number of carbonyl (C=O) groups excluding carboxylic acids is 1. The second-order valence-corrected chi connectivity index (χ2v) is 7.33. The summed E-state index contributed by atoms with van der Waals surface area (Å²) in [5.41, 5.74) is 1.19. The van der Waals surface area contributed by atoms with E-state index in [4.69, 9.17) is 13.9 Å². The third-order valence-electron chi connectivity index (χ3n) is 4.83. The first-order valence-electron chi connectivity index (χ1n) is 10.1. The lowest BCUT2D eigenvalue weighted by molar-refractivity contribution is -0.155. The van der Waals surface area contributed by atoms with Gasteiger partial charge in [0, 0.05) is 30.0 Å². The summed E-state index contributed by atoms with van der Waals surface area (Å²) in [6, 6.07) is 16.3. The Morgan fingerprint density at radius 2 is 1.83 bits per heavy atom. The molecule has 2 aromatic carbocycles. The Morgan fingerprint density at radius 1 is 1.10 bits per heavy atom. The van der Waals surface area contributed by atoms with Gasteiger partial charge in [0.2, 0.25) is 0 Å². The van der Waals surface area contributed by atoms with Gasteiger partial charge in [-0.3, -0.25) is 0 Å². The van der Waals surface area contributed by atoms with Crippen LogP contribution in [0.5, 0.6) is 5.75 Å². The molecule has 0 radical (unpaired) electrons. The molecule has 156 valence electrons. The van der Waals surface area contributed by atoms with E-state index in [0.717, 1.165) is 16.5 Å². The number of fused-ring (bicyclic) bond motifs is 2. The predicted molar refractivity (Wildman–Crippen MR) is 118 cm³/mol. The van der Waals surface area contributed by atoms with E-state index in [2.05, 4.69) is 0 Å². The lowest BCUT2D eigenvalue weighted by atomic mass is 9.90. The summed E-state index contributed by atoms with van der Waals surface area (Å²) in [7, 11) is 0. The number of esters is 1. The molecule has 4 rings (SSSR count). The van der Waals surface area contributed by atoms with E-state index in [9.17, 15) is 9.59 Å². The van der Waals surface area contributed by atoms with Gasteiger partial charge in [-0.05, 0) is 43.2 Å². The summed E-state index contributed by atoms with van der Waals surface area (Å²) >= 11 is 0. The first kappa shape index (κ1) is 21.4. The predicted octanol–water partition coefficient (Wildman–Crippen LogP) is 5.16. The smallest absolute Gasteiger partial charge is 0.336 e. The lowest BCUT2D eigenvalue weighted by Gasteiger charge is -2.39. The van der Waals surface area contributed by atoms with E-state index < -0.39 is 23.3 Å². The number of carbonyl (C=O) groups is 1. The fraction of sp³-hybridized carbons (Fsp3) is 0.280. The van der Waals surface area contributed by atoms with E-state index in [0.29, 0.717) is 17.8 Å². The van der Waals surface area contributed by atoms with Gasteiger partial charge in [0.05, 0.1) is 0 Å². The zero-order valence-corrected chi connectivity index (χ0v) is 17.7. The number of hydrogen-bond acceptors (Lipinski definition) is 5. The second-order valence-electron chi connectivity index (χ2n) is 7.33. The molecule has 1 aliphatic heterocycles. The molecular formula is C25H26O5. The van der Waals surface area contributed by atoms with E-state index in [1.807, 2.05) is 64.1 Å². The van der Waals surface area contributed by atoms with Gasteiger partial charge in [0.1, 0.15) is 23.0 Å². The molecule has 30 heavy (non-hydrogen) atoms. The van der Waals surface area contributed by atoms with Crippen molar-refractivity contribution >= 4 is 23.0 Å². The molecule has 0 spiro atoms. The maximum Gasteiger partial charge on any atom is 0.336 e. The molecule has 0 aliphatic carbocycles. The Morgan fingerprint density at radius 3 is 2.57 bits per heavy atom. The van der Waals surface area contributed by atoms with Crippen molar-refractivity contribution in [3.63, 3.8) is 0 Å². The quantitative estimate of drug-likeness (QED) is 0.342. The fourth-order valence-electron chi connectivity index (χ4n) is 3.28. The van der Waals surface area contributed by atoms with Crippen LogP contribution in [0.25, 0.3) is 17.0 Å². The molecule has 3 aromatic rings. The summed E-state index contributed by atoms with van der Waals surface area (Å²) < 4.78 is 17.0. The lowest BCUT2D eigenvalue weighted by Crippen LogP contribution is -2.48. The van der Waals surface area contributed by atoms with Crippen molar-refractivity contribution in [2.24, 2.45) is 0 Å². The highest BCUT2D eigenvalue weighted by atomic mass is 16.6. The fourth-order valence-corrected chi connectivity index (χ4v) is 3.28. The molecular weight excluding hydrogens is 380 g/mol. The highest BCUT2D eigenvalue weighted by molar-refractivity contribution is 5.87. The summed E-state index contributed by atoms with van der Waals surface area (Å²) in [5, 5.41) is 0.802. The Bertz CT molecular complexity index is 1110. The van der Waals surface area contributed by atoms with Gasteiger partial charge in [-0.1, -0.05) is 44.2 Å². The Kier molecular flexibility index (Phi) is 6.40. The molecule has 0 saturated heterocycles. The van der Waals surface area contributed by atoms with Crippen molar-refractivity contribution in [3.05, 3.63) is 82.2 Å². The maximum atomic E-state index is 12.3. The molecule has 2 heterocycles. The van der Waals surface area contributed by atoms with Crippen LogP contribution in [0.2, 0.25) is 0 Å². The number of ether oxygens (including phenoxy) is 2. The van der Waals surface area contributed by atoms with Crippen molar-refractivity contribution in [2.75, 3.05) is 0 Å². The number of benzene rings is 2. The average Bonchev–Trinajstić information content (AvgIpc) is 2.73. The zero-order chi connectivity index (χ0) is 21.7. The highest BCUT2D eigenvalue weighted by Crippen LogP contribution is 2.37. The second kappa shape index (κ2) is 8.99. The van der Waals surface area contributed by atoms with Crippen LogP contribution in [0.1, 0.15) is 38.8 Å². The van der Waals surface area contributed by atoms with Crippen molar-refractivity contribution < 1.29 is 18.7 Å². The van der Waals surface area contributed by atoms with Crippen LogP contribution in [-0.4, -0.2) is 17.7 Å². The van der Waals surface area contributed by atoms with Crippen molar-refractivity contribution in [1.29, 1.82) is 0 Å². The molecule has 5 nitrogen and oxygen atoms in total. The largest absolute Gasteiger partial charge is 0.484 e. The molecule has 1 aromatic heterocycles. The normalized spacial score (nSPS) is 16.9. The van der Waals surface area contributed by atoms with Gasteiger partial charge in [0.15, 0.2) is 0 Å². The Hall–Kier alpha value is -3.34. The molecule has 0 N–H and O–H groups in total. The average molecular weight is 406 g/mol. The van der Waals surface area contributed by atoms with Crippen LogP contribution in [0.4, 0.5) is 0 Å². The summed E-state index contributed by atoms with van der Waals surface area (Å²) in [5.74, 6) is 0.222. The summed E-state index contributed by atoms with van der Waals surface area (Å²) in [6.45, 7) is 7.75. The minimum atomic E-state index is -0.716. The van der Waals surface area contributed by atoms with Crippen LogP contribution in [-0.2, 0) is 16.0 Å². The maximum absolute atomic E-state index is 12.3. The molecule has 0 amide bonds. The van der Waals surface area contributed by atoms with Gasteiger partial charge < -0.3 is 13.9 Å². The topological polar surface area (TPSA) is 65.7 Å². The molecule has 0 fully saturated rings. The van der Waals surface area contributed by atoms with Crippen LogP contribution >= 0.6 is 0 Å². The summed E-state index contributed by atoms with van der Waals surface area (Å²) in [6.07, 6.45) is 3.22. The van der Waals surface area contributed by atoms with Gasteiger partial charge >= 0.3 is 11.6 Å². The van der Waals surface area contributed by atoms with Gasteiger partial charge in [0.25, 0.3) is 0 Å². The van der Waals surface area contributed by atoms with E-state index in [1.54, 1.807) is 18.2 Å². The zero-order valence-electron chi connectivity index (χ0n) is 17.7. The van der Waals surface area contributed by atoms with E-state index in [-0.39, 0.29) is 0 Å². The minimum Gasteiger partial charge on any atom is -0.484 e. The molecule has 0 bridgehead atoms. The van der Waals surface area contributed by atoms with Crippen LogP contribution < -0.4 is 10.4 Å². The highest BCUT2D eigenvalue weighted by Gasteiger charge is 2.39. The number of rotatable bonds is 3. The van der Waals surface area contributed by atoms with Gasteiger partial charge in [-0.2, -0.15) is 0 Å². The van der Waals surface area contributed by atoms with Crippen LogP contribution in [0.15, 0.2) is 69.9 Å². The van der Waals surface area contributed by atoms with Crippen LogP contribution in [0, 0.1) is 0 Å². The molecule has 1 atom stereocenters. The first-order chi connectivity index (χ1) is 14.4. The standard InChI is InChI=1S/C23H20O5.C2H6/c1-23(2)20(27-22(25)10-8-15-6-4-3-5-7-15)13-17-12-16-9-11-21(24)26-18(16)14-19(17)28-23;1-2/h3-12,14,20H,13H2,1-2H3;1-2H3/b10-8+;/t20-;/m0./s1. The first-order valence-corrected chi connectivity index (χ1v) is 10.1. The Balaban J connectivity index is 0.00000124. The van der Waals surface area contributed by atoms with Gasteiger partial charge in [-0.15, -0.1) is 0 Å². The van der Waals surface area contributed by atoms with E-state index in [1.165, 1.54) is 12.1 Å². The summed E-state index contributed by atoms with van der Waals surface area (Å²) in [4.78, 5) is 23.8.